The van der Waals surface area contributed by atoms with Gasteiger partial charge in [0.1, 0.15) is 12.0 Å². The summed E-state index contributed by atoms with van der Waals surface area (Å²) in [6.45, 7) is 0.908. The molecule has 2 rings (SSSR count). The van der Waals surface area contributed by atoms with E-state index in [1.54, 1.807) is 12.1 Å². The summed E-state index contributed by atoms with van der Waals surface area (Å²) in [5.41, 5.74) is 6.28. The van der Waals surface area contributed by atoms with Crippen LogP contribution in [0.1, 0.15) is 6.42 Å². The van der Waals surface area contributed by atoms with Crippen LogP contribution in [0.25, 0.3) is 0 Å². The standard InChI is InChI=1S/C12H19N5O3/c13-8-1-2-10(16-11(8)14-4-6-18)17-5-3-9(20)12(17)15-7-19/h1-2,7,9,12,18,20H,3-6,13H2,(H,14,16)(H,15,19). The second-order valence-electron chi connectivity index (χ2n) is 4.54. The second kappa shape index (κ2) is 6.40. The van der Waals surface area contributed by atoms with Gasteiger partial charge in [0.2, 0.25) is 6.41 Å². The van der Waals surface area contributed by atoms with Crippen LogP contribution in [0, 0.1) is 0 Å². The molecule has 1 amide bonds. The highest BCUT2D eigenvalue weighted by atomic mass is 16.3. The van der Waals surface area contributed by atoms with Crippen molar-refractivity contribution in [2.24, 2.45) is 0 Å². The average Bonchev–Trinajstić information content (AvgIpc) is 2.80. The van der Waals surface area contributed by atoms with Crippen molar-refractivity contribution < 1.29 is 15.0 Å². The number of nitrogens with two attached hydrogens (primary N) is 1. The monoisotopic (exact) mass is 281 g/mol. The van der Waals surface area contributed by atoms with Crippen LogP contribution in [0.2, 0.25) is 0 Å². The van der Waals surface area contributed by atoms with Crippen LogP contribution in [0.4, 0.5) is 17.3 Å². The molecular weight excluding hydrogens is 262 g/mol. The van der Waals surface area contributed by atoms with E-state index in [4.69, 9.17) is 10.8 Å². The van der Waals surface area contributed by atoms with Gasteiger partial charge in [-0.25, -0.2) is 4.98 Å². The van der Waals surface area contributed by atoms with E-state index in [2.05, 4.69) is 15.6 Å². The van der Waals surface area contributed by atoms with Crippen molar-refractivity contribution >= 4 is 23.7 Å². The van der Waals surface area contributed by atoms with E-state index in [1.807, 2.05) is 4.90 Å². The highest BCUT2D eigenvalue weighted by molar-refractivity contribution is 5.65. The molecule has 1 aliphatic heterocycles. The van der Waals surface area contributed by atoms with Gasteiger partial charge in [-0.1, -0.05) is 0 Å². The van der Waals surface area contributed by atoms with E-state index in [1.165, 1.54) is 0 Å². The number of anilines is 3. The van der Waals surface area contributed by atoms with E-state index in [0.717, 1.165) is 0 Å². The van der Waals surface area contributed by atoms with E-state index in [0.29, 0.717) is 43.2 Å². The summed E-state index contributed by atoms with van der Waals surface area (Å²) in [7, 11) is 0. The third-order valence-corrected chi connectivity index (χ3v) is 3.22. The summed E-state index contributed by atoms with van der Waals surface area (Å²) < 4.78 is 0. The lowest BCUT2D eigenvalue weighted by atomic mass is 10.3. The third kappa shape index (κ3) is 2.91. The number of hydrogen-bond donors (Lipinski definition) is 5. The van der Waals surface area contributed by atoms with Crippen LogP contribution in [-0.2, 0) is 4.79 Å². The summed E-state index contributed by atoms with van der Waals surface area (Å²) in [6.07, 6.45) is -0.00602. The molecule has 1 aromatic rings. The number of hydrogen-bond acceptors (Lipinski definition) is 7. The Morgan fingerprint density at radius 1 is 1.55 bits per heavy atom. The van der Waals surface area contributed by atoms with E-state index >= 15 is 0 Å². The van der Waals surface area contributed by atoms with E-state index in [9.17, 15) is 9.90 Å². The van der Waals surface area contributed by atoms with E-state index < -0.39 is 12.3 Å². The van der Waals surface area contributed by atoms with Crippen LogP contribution in [0.3, 0.4) is 0 Å². The van der Waals surface area contributed by atoms with Gasteiger partial charge in [-0.3, -0.25) is 4.79 Å². The summed E-state index contributed by atoms with van der Waals surface area (Å²) in [4.78, 5) is 16.8. The predicted octanol–water partition coefficient (Wildman–Crippen LogP) is -1.29. The fourth-order valence-corrected chi connectivity index (χ4v) is 2.24. The number of aromatic nitrogens is 1. The summed E-state index contributed by atoms with van der Waals surface area (Å²) in [5, 5.41) is 24.2. The smallest absolute Gasteiger partial charge is 0.208 e. The second-order valence-corrected chi connectivity index (χ2v) is 4.54. The van der Waals surface area contributed by atoms with Gasteiger partial charge in [0.15, 0.2) is 5.82 Å². The van der Waals surface area contributed by atoms with Crippen molar-refractivity contribution in [3.8, 4) is 0 Å². The fraction of sp³-hybridized carbons (Fsp3) is 0.500. The molecule has 6 N–H and O–H groups in total. The zero-order valence-electron chi connectivity index (χ0n) is 11.0. The molecule has 1 fully saturated rings. The van der Waals surface area contributed by atoms with Crippen LogP contribution in [-0.4, -0.2) is 53.6 Å². The highest BCUT2D eigenvalue weighted by Crippen LogP contribution is 2.26. The van der Waals surface area contributed by atoms with Gasteiger partial charge in [0.05, 0.1) is 18.4 Å². The molecule has 2 heterocycles. The highest BCUT2D eigenvalue weighted by Gasteiger charge is 2.33. The molecule has 0 aromatic carbocycles. The minimum atomic E-state index is -0.631. The number of nitrogen functional groups attached to an aromatic ring is 1. The Kier molecular flexibility index (Phi) is 4.59. The quantitative estimate of drug-likeness (QED) is 0.411. The number of nitrogens with zero attached hydrogens (tertiary/aromatic N) is 2. The Morgan fingerprint density at radius 3 is 3.05 bits per heavy atom. The first-order valence-electron chi connectivity index (χ1n) is 6.43. The first-order valence-corrected chi connectivity index (χ1v) is 6.43. The minimum Gasteiger partial charge on any atom is -0.396 e. The summed E-state index contributed by atoms with van der Waals surface area (Å²) >= 11 is 0. The van der Waals surface area contributed by atoms with Gasteiger partial charge in [-0.2, -0.15) is 0 Å². The SMILES string of the molecule is Nc1ccc(N2CCC(O)C2NC=O)nc1NCCO. The summed E-state index contributed by atoms with van der Waals surface area (Å²) in [5.74, 6) is 1.08. The molecule has 1 saturated heterocycles. The number of carbonyl (C=O) groups is 1. The van der Waals surface area contributed by atoms with Gasteiger partial charge in [0.25, 0.3) is 0 Å². The molecule has 110 valence electrons. The topological polar surface area (TPSA) is 124 Å². The molecule has 1 aromatic heterocycles. The van der Waals surface area contributed by atoms with Gasteiger partial charge >= 0.3 is 0 Å². The number of carbonyl (C=O) groups excluding carboxylic acids is 1. The predicted molar refractivity (Wildman–Crippen MR) is 75.2 cm³/mol. The maximum atomic E-state index is 10.6. The Hall–Kier alpha value is -2.06. The number of aliphatic hydroxyl groups is 2. The maximum absolute atomic E-state index is 10.6. The van der Waals surface area contributed by atoms with E-state index in [-0.39, 0.29) is 6.61 Å². The molecule has 8 nitrogen and oxygen atoms in total. The van der Waals surface area contributed by atoms with Gasteiger partial charge < -0.3 is 31.5 Å². The molecule has 0 bridgehead atoms. The minimum absolute atomic E-state index is 0.0247. The number of pyridine rings is 1. The molecule has 2 atom stereocenters. The van der Waals surface area contributed by atoms with Crippen molar-refractivity contribution in [2.75, 3.05) is 35.6 Å². The molecule has 0 saturated carbocycles. The van der Waals surface area contributed by atoms with Crippen molar-refractivity contribution in [2.45, 2.75) is 18.7 Å². The average molecular weight is 281 g/mol. The fourth-order valence-electron chi connectivity index (χ4n) is 2.24. The molecule has 0 spiro atoms. The first kappa shape index (κ1) is 14.4. The lowest BCUT2D eigenvalue weighted by Crippen LogP contribution is -2.46. The Balaban J connectivity index is 2.21. The third-order valence-electron chi connectivity index (χ3n) is 3.22. The van der Waals surface area contributed by atoms with Crippen LogP contribution >= 0.6 is 0 Å². The van der Waals surface area contributed by atoms with Crippen molar-refractivity contribution in [1.29, 1.82) is 0 Å². The van der Waals surface area contributed by atoms with Gasteiger partial charge in [0, 0.05) is 13.1 Å². The van der Waals surface area contributed by atoms with Crippen LogP contribution in [0.5, 0.6) is 0 Å². The number of amides is 1. The van der Waals surface area contributed by atoms with Gasteiger partial charge in [-0.05, 0) is 18.6 Å². The summed E-state index contributed by atoms with van der Waals surface area (Å²) in [6, 6.07) is 3.43. The Labute approximate surface area is 116 Å². The molecule has 8 heteroatoms. The molecule has 0 aliphatic carbocycles. The maximum Gasteiger partial charge on any atom is 0.208 e. The lowest BCUT2D eigenvalue weighted by Gasteiger charge is -2.27. The lowest BCUT2D eigenvalue weighted by molar-refractivity contribution is -0.110. The molecule has 1 aliphatic rings. The van der Waals surface area contributed by atoms with Crippen molar-refractivity contribution in [3.05, 3.63) is 12.1 Å². The zero-order valence-corrected chi connectivity index (χ0v) is 11.0. The number of aliphatic hydroxyl groups excluding tert-OH is 2. The number of nitrogens with one attached hydrogen (secondary N) is 2. The van der Waals surface area contributed by atoms with Crippen molar-refractivity contribution in [3.63, 3.8) is 0 Å². The van der Waals surface area contributed by atoms with Crippen LogP contribution in [0.15, 0.2) is 12.1 Å². The molecule has 20 heavy (non-hydrogen) atoms. The van der Waals surface area contributed by atoms with Crippen LogP contribution < -0.4 is 21.3 Å². The molecule has 0 radical (unpaired) electrons. The Bertz CT molecular complexity index is 470. The van der Waals surface area contributed by atoms with Gasteiger partial charge in [-0.15, -0.1) is 0 Å². The molecule has 2 unspecified atom stereocenters. The molecular formula is C12H19N5O3. The Morgan fingerprint density at radius 2 is 2.35 bits per heavy atom. The largest absolute Gasteiger partial charge is 0.396 e. The number of rotatable bonds is 6. The first-order chi connectivity index (χ1) is 9.67. The van der Waals surface area contributed by atoms with Crippen molar-refractivity contribution in [1.82, 2.24) is 10.3 Å². The zero-order chi connectivity index (χ0) is 14.5. The normalized spacial score (nSPS) is 21.8.